The van der Waals surface area contributed by atoms with Crippen molar-refractivity contribution in [2.45, 2.75) is 158 Å². The van der Waals surface area contributed by atoms with Crippen LogP contribution in [0, 0.1) is 116 Å². The van der Waals surface area contributed by atoms with Crippen molar-refractivity contribution in [1.29, 1.82) is 0 Å². The molecule has 0 unspecified atom stereocenters. The van der Waals surface area contributed by atoms with Crippen LogP contribution in [0.5, 0.6) is 0 Å². The molecule has 8 nitrogen and oxygen atoms in total. The fraction of sp³-hybridized carbons (Fsp3) is 0.240. The van der Waals surface area contributed by atoms with Crippen LogP contribution in [0.15, 0.2) is 162 Å². The first-order chi connectivity index (χ1) is 63.4. The Morgan fingerprint density at radius 2 is 0.371 bits per heavy atom. The predicted octanol–water partition coefficient (Wildman–Crippen LogP) is 30.8. The van der Waals surface area contributed by atoms with E-state index >= 15 is 87.8 Å². The number of hydrogen-bond donors (Lipinski definition) is 4. The number of thiophene rings is 4. The van der Waals surface area contributed by atoms with Gasteiger partial charge >= 0.3 is 0 Å². The third-order valence-electron chi connectivity index (χ3n) is 23.4. The molecule has 24 bridgehead atoms. The van der Waals surface area contributed by atoms with Gasteiger partial charge in [0.2, 0.25) is 23.3 Å². The number of benzene rings is 4. The van der Waals surface area contributed by atoms with Crippen LogP contribution in [-0.2, 0) is 25.7 Å². The van der Waals surface area contributed by atoms with Gasteiger partial charge in [-0.1, -0.05) is 107 Å². The number of aryl methyl sites for hydroxylation is 4. The SMILES string of the molecule is CCCC1=CC2=N/C1=C(/c1c(F)c(F)c(F)c(F)c1F)c1[nH]c(cc1CCC)-c1ccc(s1)C1=N/C(=C(/c3c(F)c(F)c(F)c(F)c3F)c3[nH]c(cc3CCC)-c3ccc(s3)C3=N/C(=C(/c4c(F)c(F)c(F)c(F)c4F)c4[nH]c(cc4CCC)-c4ccc(s4)C4=N/C(=C(/c5c(F)c(F)c(F)c(F)c5F)c5[nH]c(cc5CCC)-c5ccc2s5)C(CCC)=C4)C(CCC)=C3)C(CCC)=C1. The molecular formula is C100H76F20N8S4. The maximum absolute atomic E-state index is 17.1. The normalized spacial score (nSPS) is 16.8. The van der Waals surface area contributed by atoms with Gasteiger partial charge in [0, 0.05) is 22.3 Å². The Bertz CT molecular complexity index is 6290. The van der Waals surface area contributed by atoms with E-state index in [1.54, 1.807) is 152 Å². The summed E-state index contributed by atoms with van der Waals surface area (Å²) in [6.07, 6.45) is 9.99. The highest BCUT2D eigenvalue weighted by atomic mass is 32.1. The number of H-pyrrole nitrogens is 4. The lowest BCUT2D eigenvalue weighted by molar-refractivity contribution is 0.376. The zero-order chi connectivity index (χ0) is 93.8. The number of nitrogens with zero attached hydrogens (tertiary/aromatic N) is 4. The van der Waals surface area contributed by atoms with Crippen molar-refractivity contribution in [3.63, 3.8) is 0 Å². The number of halogens is 20. The highest BCUT2D eigenvalue weighted by molar-refractivity contribution is 7.18. The molecule has 132 heavy (non-hydrogen) atoms. The number of hydrogen-bond acceptors (Lipinski definition) is 8. The van der Waals surface area contributed by atoms with Gasteiger partial charge in [-0.05, 0) is 193 Å². The van der Waals surface area contributed by atoms with E-state index in [2.05, 4.69) is 19.9 Å². The molecule has 5 aliphatic rings. The van der Waals surface area contributed by atoms with Crippen molar-refractivity contribution >= 4 is 90.5 Å². The third kappa shape index (κ3) is 15.8. The van der Waals surface area contributed by atoms with Gasteiger partial charge < -0.3 is 19.9 Å². The van der Waals surface area contributed by atoms with Gasteiger partial charge in [0.15, 0.2) is 93.1 Å². The summed E-state index contributed by atoms with van der Waals surface area (Å²) in [5.74, 6) is -45.3. The molecule has 0 saturated carbocycles. The minimum atomic E-state index is -2.44. The number of aromatic amines is 4. The molecule has 17 rings (SSSR count). The lowest BCUT2D eigenvalue weighted by atomic mass is 9.92. The largest absolute Gasteiger partial charge is 0.354 e. The van der Waals surface area contributed by atoms with E-state index in [0.29, 0.717) is 113 Å². The maximum Gasteiger partial charge on any atom is 0.200 e. The van der Waals surface area contributed by atoms with E-state index in [1.165, 1.54) is 0 Å². The number of nitrogens with one attached hydrogen (secondary N) is 4. The number of fused-ring (bicyclic) bond motifs is 28. The Labute approximate surface area is 759 Å². The standard InChI is InChI=1S/C100H76F20N8S4/c1-9-17-41-33-49-57-25-26-58(129-57)51-35-43(19-11-3)95(123-51)70(66-75(103)83(111)90(118)84(112)76(66)104)96-45(21-13-5)37-53(125-96)61-29-30-62(131-61)55-39-47(23-15-7)99(127-55)72(68-79(107)87(115)92(120)88(116)80(68)108)100-48(24-16-8)40-56(128-100)64-32-31-63(132-64)54-38-46(22-14-6)98(126-54)71(67-77(105)85(113)91(119)86(114)78(67)106)97-44(20-12-4)36-52(124-97)60-28-27-59(130-60)50-34-42(18-10-2)94(122-50)69(93(41)121-49)65-73(101)81(109)89(117)82(110)74(65)102/h25-40,121,124-125,128H,9-24H2,1-8H3/b57-49?,58-51?,59-50?,60-52?,61-53?,62-55?,63-54?,64-56?,93-69?,94-69-,95-70-,96-70?,97-71?,98-71-,99-72-,100-72?. The Morgan fingerprint density at radius 3 is 0.538 bits per heavy atom. The molecule has 0 fully saturated rings. The van der Waals surface area contributed by atoms with Crippen LogP contribution in [-0.4, -0.2) is 42.8 Å². The van der Waals surface area contributed by atoms with E-state index in [1.807, 2.05) is 0 Å². The third-order valence-corrected chi connectivity index (χ3v) is 28.0. The number of rotatable bonds is 20. The summed E-state index contributed by atoms with van der Waals surface area (Å²) >= 11 is 4.25. The van der Waals surface area contributed by atoms with Gasteiger partial charge in [-0.25, -0.2) is 108 Å². The molecule has 32 heteroatoms. The summed E-state index contributed by atoms with van der Waals surface area (Å²) in [5, 5.41) is 0. The molecule has 12 aromatic rings. The van der Waals surface area contributed by atoms with Crippen molar-refractivity contribution in [3.8, 4) is 42.3 Å². The second-order valence-corrected chi connectivity index (χ2v) is 36.7. The van der Waals surface area contributed by atoms with Crippen LogP contribution >= 0.6 is 45.3 Å². The molecule has 5 aliphatic heterocycles. The average Bonchev–Trinajstić information content (AvgIpc) is 1.53. The minimum Gasteiger partial charge on any atom is -0.354 e. The molecule has 680 valence electrons. The lowest BCUT2D eigenvalue weighted by Crippen LogP contribution is -2.10. The quantitative estimate of drug-likeness (QED) is 0.0331. The second-order valence-electron chi connectivity index (χ2n) is 32.3. The predicted molar refractivity (Wildman–Crippen MR) is 480 cm³/mol. The molecule has 0 radical (unpaired) electrons. The van der Waals surface area contributed by atoms with Crippen LogP contribution in [0.4, 0.5) is 87.8 Å². The van der Waals surface area contributed by atoms with Crippen LogP contribution < -0.4 is 0 Å². The minimum absolute atomic E-state index is 0.104. The molecule has 0 saturated heterocycles. The number of allylic oxidation sites excluding steroid dienone is 8. The van der Waals surface area contributed by atoms with Crippen LogP contribution in [0.1, 0.15) is 219 Å². The molecule has 0 amide bonds. The van der Waals surface area contributed by atoms with E-state index < -0.39 is 161 Å². The van der Waals surface area contributed by atoms with E-state index in [4.69, 9.17) is 20.0 Å². The summed E-state index contributed by atoms with van der Waals surface area (Å²) < 4.78 is 327. The van der Waals surface area contributed by atoms with E-state index in [-0.39, 0.29) is 165 Å². The zero-order valence-electron chi connectivity index (χ0n) is 71.5. The maximum atomic E-state index is 17.1. The zero-order valence-corrected chi connectivity index (χ0v) is 74.8. The van der Waals surface area contributed by atoms with Gasteiger partial charge in [-0.15, -0.1) is 45.3 Å². The Kier molecular flexibility index (Phi) is 25.7. The molecule has 4 N–H and O–H groups in total. The molecule has 0 spiro atoms. The van der Waals surface area contributed by atoms with Crippen LogP contribution in [0.3, 0.4) is 0 Å². The van der Waals surface area contributed by atoms with Crippen molar-refractivity contribution in [1.82, 2.24) is 19.9 Å². The molecule has 13 heterocycles. The van der Waals surface area contributed by atoms with Crippen LogP contribution in [0.2, 0.25) is 0 Å². The first kappa shape index (κ1) is 91.9. The van der Waals surface area contributed by atoms with Gasteiger partial charge in [0.25, 0.3) is 0 Å². The Balaban J connectivity index is 0.931. The van der Waals surface area contributed by atoms with Crippen molar-refractivity contribution in [2.24, 2.45) is 20.0 Å². The monoisotopic (exact) mass is 1900 g/mol. The summed E-state index contributed by atoms with van der Waals surface area (Å²) in [6, 6.07) is 19.5. The highest BCUT2D eigenvalue weighted by Crippen LogP contribution is 2.52. The van der Waals surface area contributed by atoms with Crippen molar-refractivity contribution < 1.29 is 87.8 Å². The smallest absolute Gasteiger partial charge is 0.200 e. The topological polar surface area (TPSA) is 113 Å². The molecule has 0 atom stereocenters. The lowest BCUT2D eigenvalue weighted by Gasteiger charge is -2.17. The summed E-state index contributed by atoms with van der Waals surface area (Å²) in [7, 11) is 0. The fourth-order valence-electron chi connectivity index (χ4n) is 17.5. The summed E-state index contributed by atoms with van der Waals surface area (Å²) in [4.78, 5) is 36.0. The fourth-order valence-corrected chi connectivity index (χ4v) is 21.3. The Hall–Kier alpha value is -12.0. The van der Waals surface area contributed by atoms with Crippen molar-refractivity contribution in [2.75, 3.05) is 0 Å². The molecule has 0 aliphatic carbocycles. The number of aliphatic imine (C=N–C) groups is 4. The average molecular weight is 1900 g/mol. The molecular weight excluding hydrogens is 1820 g/mol. The second kappa shape index (κ2) is 36.9. The van der Waals surface area contributed by atoms with E-state index in [9.17, 15) is 0 Å². The Morgan fingerprint density at radius 1 is 0.212 bits per heavy atom. The highest BCUT2D eigenvalue weighted by Gasteiger charge is 2.41. The first-order valence-corrected chi connectivity index (χ1v) is 46.2. The van der Waals surface area contributed by atoms with Crippen molar-refractivity contribution in [3.05, 3.63) is 345 Å². The van der Waals surface area contributed by atoms with E-state index in [0.717, 1.165) is 45.3 Å². The summed E-state index contributed by atoms with van der Waals surface area (Å²) in [5.41, 5.74) is -4.68. The van der Waals surface area contributed by atoms with Gasteiger partial charge in [0.05, 0.1) is 152 Å². The molecule has 4 aromatic carbocycles. The van der Waals surface area contributed by atoms with Gasteiger partial charge in [0.1, 0.15) is 0 Å². The first-order valence-electron chi connectivity index (χ1n) is 42.9. The van der Waals surface area contributed by atoms with Gasteiger partial charge in [-0.3, -0.25) is 0 Å². The van der Waals surface area contributed by atoms with Gasteiger partial charge in [-0.2, -0.15) is 0 Å². The van der Waals surface area contributed by atoms with Crippen LogP contribution in [0.25, 0.3) is 64.6 Å². The number of aromatic nitrogens is 4. The summed E-state index contributed by atoms with van der Waals surface area (Å²) in [6.45, 7) is 14.3. The molecule has 8 aromatic heterocycles.